The molecule has 0 aromatic heterocycles. The Hall–Kier alpha value is 0.170. The Labute approximate surface area is 111 Å². The van der Waals surface area contributed by atoms with Crippen LogP contribution in [0.4, 0.5) is 0 Å². The molecular formula is C13H27ClN2O. The third kappa shape index (κ3) is 4.09. The van der Waals surface area contributed by atoms with E-state index in [1.165, 1.54) is 45.2 Å². The van der Waals surface area contributed by atoms with Crippen LogP contribution in [0.15, 0.2) is 0 Å². The minimum Gasteiger partial charge on any atom is -0.378 e. The van der Waals surface area contributed by atoms with Gasteiger partial charge < -0.3 is 10.5 Å². The highest BCUT2D eigenvalue weighted by Crippen LogP contribution is 2.24. The van der Waals surface area contributed by atoms with Gasteiger partial charge in [-0.25, -0.2) is 0 Å². The summed E-state index contributed by atoms with van der Waals surface area (Å²) in [6.45, 7) is 6.54. The van der Waals surface area contributed by atoms with E-state index >= 15 is 0 Å². The Kier molecular flexibility index (Phi) is 6.78. The SMILES string of the molecule is CC1CCCN(CCC2CCCO2)C1CN.Cl. The van der Waals surface area contributed by atoms with Crippen molar-refractivity contribution >= 4 is 12.4 Å². The van der Waals surface area contributed by atoms with Gasteiger partial charge in [0.05, 0.1) is 6.10 Å². The number of halogens is 1. The highest BCUT2D eigenvalue weighted by Gasteiger charge is 2.27. The van der Waals surface area contributed by atoms with Gasteiger partial charge in [-0.15, -0.1) is 12.4 Å². The van der Waals surface area contributed by atoms with Gasteiger partial charge in [0.2, 0.25) is 0 Å². The van der Waals surface area contributed by atoms with Crippen LogP contribution in [-0.4, -0.2) is 43.3 Å². The molecule has 0 aromatic carbocycles. The van der Waals surface area contributed by atoms with Crippen molar-refractivity contribution in [3.8, 4) is 0 Å². The van der Waals surface area contributed by atoms with Crippen LogP contribution in [0.1, 0.15) is 39.0 Å². The van der Waals surface area contributed by atoms with Crippen LogP contribution < -0.4 is 5.73 Å². The molecule has 0 aliphatic carbocycles. The molecule has 2 N–H and O–H groups in total. The fourth-order valence-corrected chi connectivity index (χ4v) is 3.18. The number of rotatable bonds is 4. The topological polar surface area (TPSA) is 38.5 Å². The first-order valence-corrected chi connectivity index (χ1v) is 6.87. The standard InChI is InChI=1S/C13H26N2O.ClH/c1-11-4-2-7-15(13(11)10-14)8-6-12-5-3-9-16-12;/h11-13H,2-10,14H2,1H3;1H. The van der Waals surface area contributed by atoms with Gasteiger partial charge in [-0.2, -0.15) is 0 Å². The van der Waals surface area contributed by atoms with Crippen LogP contribution in [-0.2, 0) is 4.74 Å². The zero-order valence-electron chi connectivity index (χ0n) is 10.9. The Balaban J connectivity index is 0.00000144. The summed E-state index contributed by atoms with van der Waals surface area (Å²) >= 11 is 0. The van der Waals surface area contributed by atoms with Crippen molar-refractivity contribution in [2.24, 2.45) is 11.7 Å². The van der Waals surface area contributed by atoms with Gasteiger partial charge >= 0.3 is 0 Å². The Bertz CT molecular complexity index is 210. The van der Waals surface area contributed by atoms with E-state index < -0.39 is 0 Å². The maximum Gasteiger partial charge on any atom is 0.0588 e. The molecule has 0 amide bonds. The van der Waals surface area contributed by atoms with Crippen molar-refractivity contribution in [2.75, 3.05) is 26.2 Å². The zero-order valence-corrected chi connectivity index (χ0v) is 11.8. The first-order chi connectivity index (χ1) is 7.81. The Morgan fingerprint density at radius 2 is 2.12 bits per heavy atom. The number of hydrogen-bond acceptors (Lipinski definition) is 3. The van der Waals surface area contributed by atoms with Gasteiger partial charge in [0, 0.05) is 25.7 Å². The average Bonchev–Trinajstić information content (AvgIpc) is 2.79. The van der Waals surface area contributed by atoms with E-state index in [1.54, 1.807) is 0 Å². The third-order valence-corrected chi connectivity index (χ3v) is 4.23. The van der Waals surface area contributed by atoms with E-state index in [0.717, 1.165) is 19.1 Å². The van der Waals surface area contributed by atoms with Crippen molar-refractivity contribution < 1.29 is 4.74 Å². The molecule has 2 aliphatic heterocycles. The number of hydrogen-bond donors (Lipinski definition) is 1. The van der Waals surface area contributed by atoms with E-state index in [9.17, 15) is 0 Å². The first-order valence-electron chi connectivity index (χ1n) is 6.87. The quantitative estimate of drug-likeness (QED) is 0.843. The predicted molar refractivity (Wildman–Crippen MR) is 73.7 cm³/mol. The van der Waals surface area contributed by atoms with Gasteiger partial charge in [0.15, 0.2) is 0 Å². The van der Waals surface area contributed by atoms with Crippen LogP contribution in [0, 0.1) is 5.92 Å². The molecule has 102 valence electrons. The van der Waals surface area contributed by atoms with Crippen LogP contribution in [0.25, 0.3) is 0 Å². The second-order valence-electron chi connectivity index (χ2n) is 5.38. The van der Waals surface area contributed by atoms with Crippen LogP contribution in [0.3, 0.4) is 0 Å². The molecule has 2 aliphatic rings. The smallest absolute Gasteiger partial charge is 0.0588 e. The van der Waals surface area contributed by atoms with Crippen molar-refractivity contribution in [3.05, 3.63) is 0 Å². The number of piperidine rings is 1. The van der Waals surface area contributed by atoms with E-state index in [2.05, 4.69) is 11.8 Å². The number of nitrogens with two attached hydrogens (primary N) is 1. The van der Waals surface area contributed by atoms with Gasteiger partial charge in [-0.1, -0.05) is 6.92 Å². The lowest BCUT2D eigenvalue weighted by atomic mass is 9.90. The summed E-state index contributed by atoms with van der Waals surface area (Å²) in [6.07, 6.45) is 6.92. The van der Waals surface area contributed by atoms with Crippen molar-refractivity contribution in [3.63, 3.8) is 0 Å². The summed E-state index contributed by atoms with van der Waals surface area (Å²) in [5, 5.41) is 0. The molecule has 3 nitrogen and oxygen atoms in total. The summed E-state index contributed by atoms with van der Waals surface area (Å²) in [6, 6.07) is 0.607. The fourth-order valence-electron chi connectivity index (χ4n) is 3.18. The molecule has 0 radical (unpaired) electrons. The lowest BCUT2D eigenvalue weighted by Crippen LogP contribution is -2.49. The van der Waals surface area contributed by atoms with E-state index in [-0.39, 0.29) is 12.4 Å². The molecule has 2 saturated heterocycles. The molecular weight excluding hydrogens is 236 g/mol. The second-order valence-corrected chi connectivity index (χ2v) is 5.38. The molecule has 2 rings (SSSR count). The molecule has 0 saturated carbocycles. The van der Waals surface area contributed by atoms with Gasteiger partial charge in [-0.3, -0.25) is 4.90 Å². The number of likely N-dealkylation sites (tertiary alicyclic amines) is 1. The van der Waals surface area contributed by atoms with E-state index in [0.29, 0.717) is 12.1 Å². The molecule has 0 spiro atoms. The number of nitrogens with zero attached hydrogens (tertiary/aromatic N) is 1. The molecule has 3 unspecified atom stereocenters. The van der Waals surface area contributed by atoms with Crippen LogP contribution in [0.2, 0.25) is 0 Å². The number of ether oxygens (including phenoxy) is 1. The Morgan fingerprint density at radius 3 is 2.76 bits per heavy atom. The van der Waals surface area contributed by atoms with Crippen LogP contribution >= 0.6 is 12.4 Å². The average molecular weight is 263 g/mol. The molecule has 2 fully saturated rings. The van der Waals surface area contributed by atoms with E-state index in [1.807, 2.05) is 0 Å². The summed E-state index contributed by atoms with van der Waals surface area (Å²) in [7, 11) is 0. The summed E-state index contributed by atoms with van der Waals surface area (Å²) in [5.74, 6) is 0.767. The predicted octanol–water partition coefficient (Wildman–Crippen LogP) is 2.04. The minimum atomic E-state index is 0. The highest BCUT2D eigenvalue weighted by molar-refractivity contribution is 5.85. The van der Waals surface area contributed by atoms with Crippen molar-refractivity contribution in [1.82, 2.24) is 4.90 Å². The third-order valence-electron chi connectivity index (χ3n) is 4.23. The lowest BCUT2D eigenvalue weighted by molar-refractivity contribution is 0.0623. The molecule has 4 heteroatoms. The van der Waals surface area contributed by atoms with Gasteiger partial charge in [-0.05, 0) is 44.6 Å². The van der Waals surface area contributed by atoms with Gasteiger partial charge in [0.1, 0.15) is 0 Å². The minimum absolute atomic E-state index is 0. The van der Waals surface area contributed by atoms with E-state index in [4.69, 9.17) is 10.5 Å². The molecule has 0 bridgehead atoms. The summed E-state index contributed by atoms with van der Waals surface area (Å²) in [5.41, 5.74) is 5.89. The van der Waals surface area contributed by atoms with Crippen molar-refractivity contribution in [2.45, 2.75) is 51.2 Å². The first kappa shape index (κ1) is 15.2. The van der Waals surface area contributed by atoms with Gasteiger partial charge in [0.25, 0.3) is 0 Å². The normalized spacial score (nSPS) is 34.6. The molecule has 17 heavy (non-hydrogen) atoms. The summed E-state index contributed by atoms with van der Waals surface area (Å²) < 4.78 is 5.68. The molecule has 3 atom stereocenters. The second kappa shape index (κ2) is 7.57. The summed E-state index contributed by atoms with van der Waals surface area (Å²) in [4.78, 5) is 2.59. The maximum atomic E-state index is 5.89. The van der Waals surface area contributed by atoms with Crippen molar-refractivity contribution in [1.29, 1.82) is 0 Å². The maximum absolute atomic E-state index is 5.89. The fraction of sp³-hybridized carbons (Fsp3) is 1.00. The monoisotopic (exact) mass is 262 g/mol. The highest BCUT2D eigenvalue weighted by atomic mass is 35.5. The Morgan fingerprint density at radius 1 is 1.29 bits per heavy atom. The van der Waals surface area contributed by atoms with Crippen LogP contribution in [0.5, 0.6) is 0 Å². The largest absolute Gasteiger partial charge is 0.378 e. The zero-order chi connectivity index (χ0) is 11.4. The molecule has 2 heterocycles. The molecule has 0 aromatic rings. The lowest BCUT2D eigenvalue weighted by Gasteiger charge is -2.39.